The van der Waals surface area contributed by atoms with Crippen LogP contribution in [0.15, 0.2) is 12.1 Å². The third-order valence-electron chi connectivity index (χ3n) is 2.32. The van der Waals surface area contributed by atoms with Crippen molar-refractivity contribution in [1.29, 1.82) is 0 Å². The van der Waals surface area contributed by atoms with Crippen LogP contribution in [0, 0.1) is 10.1 Å². The number of hydrogen-bond acceptors (Lipinski definition) is 5. The van der Waals surface area contributed by atoms with E-state index in [0.29, 0.717) is 0 Å². The minimum Gasteiger partial charge on any atom is -0.478 e. The highest BCUT2D eigenvalue weighted by atomic mass is 35.5. The van der Waals surface area contributed by atoms with Gasteiger partial charge < -0.3 is 15.7 Å². The number of hydrogen-bond donors (Lipinski definition) is 3. The molecule has 1 amide bonds. The van der Waals surface area contributed by atoms with Crippen LogP contribution < -0.4 is 10.6 Å². The first-order valence-corrected chi connectivity index (χ1v) is 5.90. The molecule has 0 aliphatic heterocycles. The summed E-state index contributed by atoms with van der Waals surface area (Å²) in [5.74, 6) is -1.56. The molecule has 0 aliphatic rings. The molecular weight excluding hydrogens is 290 g/mol. The van der Waals surface area contributed by atoms with Gasteiger partial charge in [-0.1, -0.05) is 11.6 Å². The van der Waals surface area contributed by atoms with E-state index in [-0.39, 0.29) is 35.3 Å². The van der Waals surface area contributed by atoms with Crippen molar-refractivity contribution in [2.75, 3.05) is 18.4 Å². The normalized spacial score (nSPS) is 9.90. The van der Waals surface area contributed by atoms with Gasteiger partial charge in [-0.3, -0.25) is 14.9 Å². The molecule has 0 saturated heterocycles. The van der Waals surface area contributed by atoms with Gasteiger partial charge in [0.05, 0.1) is 21.2 Å². The monoisotopic (exact) mass is 301 g/mol. The van der Waals surface area contributed by atoms with Crippen LogP contribution in [0.25, 0.3) is 0 Å². The van der Waals surface area contributed by atoms with Gasteiger partial charge in [0.15, 0.2) is 0 Å². The average molecular weight is 302 g/mol. The first-order chi connectivity index (χ1) is 9.32. The molecule has 8 nitrogen and oxygen atoms in total. The van der Waals surface area contributed by atoms with Crippen molar-refractivity contribution in [3.8, 4) is 0 Å². The number of non-ortho nitro benzene ring substituents is 1. The number of carboxylic acids is 1. The highest BCUT2D eigenvalue weighted by Crippen LogP contribution is 2.31. The lowest BCUT2D eigenvalue weighted by Gasteiger charge is -2.11. The maximum atomic E-state index is 11.1. The molecule has 0 aromatic heterocycles. The number of nitro groups is 1. The number of nitrogens with zero attached hydrogens (tertiary/aromatic N) is 1. The number of amides is 1. The van der Waals surface area contributed by atoms with E-state index in [1.165, 1.54) is 6.92 Å². The summed E-state index contributed by atoms with van der Waals surface area (Å²) >= 11 is 5.85. The Bertz CT molecular complexity index is 561. The highest BCUT2D eigenvalue weighted by molar-refractivity contribution is 6.34. The van der Waals surface area contributed by atoms with Crippen LogP contribution in [-0.4, -0.2) is 35.0 Å². The van der Waals surface area contributed by atoms with Crippen molar-refractivity contribution in [2.45, 2.75) is 6.92 Å². The molecule has 20 heavy (non-hydrogen) atoms. The SMILES string of the molecule is CC(=O)NCCNc1c(Cl)cc([N+](=O)[O-])cc1C(=O)O. The van der Waals surface area contributed by atoms with Crippen molar-refractivity contribution in [1.82, 2.24) is 5.32 Å². The van der Waals surface area contributed by atoms with E-state index in [0.717, 1.165) is 12.1 Å². The number of carboxylic acid groups (broad SMARTS) is 1. The molecular formula is C11H12ClN3O5. The Morgan fingerprint density at radius 1 is 1.40 bits per heavy atom. The first-order valence-electron chi connectivity index (χ1n) is 5.52. The van der Waals surface area contributed by atoms with Crippen LogP contribution in [0.4, 0.5) is 11.4 Å². The van der Waals surface area contributed by atoms with Gasteiger partial charge in [-0.15, -0.1) is 0 Å². The van der Waals surface area contributed by atoms with Gasteiger partial charge in [0.25, 0.3) is 5.69 Å². The molecule has 0 fully saturated rings. The van der Waals surface area contributed by atoms with Crippen molar-refractivity contribution < 1.29 is 19.6 Å². The number of rotatable bonds is 6. The Kier molecular flexibility index (Phi) is 5.27. The van der Waals surface area contributed by atoms with Gasteiger partial charge in [-0.25, -0.2) is 4.79 Å². The van der Waals surface area contributed by atoms with Crippen molar-refractivity contribution in [3.05, 3.63) is 32.8 Å². The average Bonchev–Trinajstić information content (AvgIpc) is 2.34. The molecule has 0 aliphatic carbocycles. The molecule has 0 radical (unpaired) electrons. The molecule has 3 N–H and O–H groups in total. The summed E-state index contributed by atoms with van der Waals surface area (Å²) in [6, 6.07) is 1.99. The number of nitrogens with one attached hydrogen (secondary N) is 2. The van der Waals surface area contributed by atoms with E-state index in [1.807, 2.05) is 0 Å². The number of nitro benzene ring substituents is 1. The van der Waals surface area contributed by atoms with Gasteiger partial charge in [-0.2, -0.15) is 0 Å². The molecule has 1 rings (SSSR count). The third kappa shape index (κ3) is 4.09. The summed E-state index contributed by atoms with van der Waals surface area (Å²) in [6.07, 6.45) is 0. The zero-order valence-electron chi connectivity index (χ0n) is 10.5. The Morgan fingerprint density at radius 2 is 2.05 bits per heavy atom. The van der Waals surface area contributed by atoms with Gasteiger partial charge >= 0.3 is 5.97 Å². The predicted octanol–water partition coefficient (Wildman–Crippen LogP) is 1.49. The number of carbonyl (C=O) groups is 2. The lowest BCUT2D eigenvalue weighted by Crippen LogP contribution is -2.26. The second kappa shape index (κ2) is 6.71. The largest absolute Gasteiger partial charge is 0.478 e. The molecule has 0 heterocycles. The molecule has 1 aromatic carbocycles. The number of aromatic carboxylic acids is 1. The van der Waals surface area contributed by atoms with Crippen molar-refractivity contribution >= 4 is 34.9 Å². The smallest absolute Gasteiger partial charge is 0.338 e. The molecule has 0 unspecified atom stereocenters. The van der Waals surface area contributed by atoms with Crippen LogP contribution >= 0.6 is 11.6 Å². The second-order valence-electron chi connectivity index (χ2n) is 3.82. The second-order valence-corrected chi connectivity index (χ2v) is 4.23. The van der Waals surface area contributed by atoms with Crippen LogP contribution in [0.5, 0.6) is 0 Å². The summed E-state index contributed by atoms with van der Waals surface area (Å²) in [5, 5.41) is 24.9. The van der Waals surface area contributed by atoms with E-state index in [4.69, 9.17) is 16.7 Å². The van der Waals surface area contributed by atoms with E-state index < -0.39 is 16.6 Å². The zero-order chi connectivity index (χ0) is 15.3. The fourth-order valence-electron chi connectivity index (χ4n) is 1.47. The van der Waals surface area contributed by atoms with Crippen LogP contribution in [0.2, 0.25) is 5.02 Å². The van der Waals surface area contributed by atoms with Gasteiger partial charge in [-0.05, 0) is 0 Å². The fourth-order valence-corrected chi connectivity index (χ4v) is 1.75. The Hall–Kier alpha value is -2.35. The van der Waals surface area contributed by atoms with E-state index in [2.05, 4.69) is 10.6 Å². The first kappa shape index (κ1) is 15.7. The molecule has 0 atom stereocenters. The third-order valence-corrected chi connectivity index (χ3v) is 2.62. The van der Waals surface area contributed by atoms with Gasteiger partial charge in [0, 0.05) is 32.1 Å². The number of carbonyl (C=O) groups excluding carboxylic acids is 1. The minimum absolute atomic E-state index is 0.0700. The fraction of sp³-hybridized carbons (Fsp3) is 0.273. The van der Waals surface area contributed by atoms with Crippen molar-refractivity contribution in [3.63, 3.8) is 0 Å². The van der Waals surface area contributed by atoms with Crippen LogP contribution in [0.3, 0.4) is 0 Å². The van der Waals surface area contributed by atoms with E-state index >= 15 is 0 Å². The van der Waals surface area contributed by atoms with Crippen LogP contribution in [-0.2, 0) is 4.79 Å². The topological polar surface area (TPSA) is 122 Å². The predicted molar refractivity (Wildman–Crippen MR) is 72.2 cm³/mol. The Balaban J connectivity index is 2.96. The standard InChI is InChI=1S/C11H12ClN3O5/c1-6(16)13-2-3-14-10-8(11(17)18)4-7(15(19)20)5-9(10)12/h4-5,14H,2-3H2,1H3,(H,13,16)(H,17,18). The number of benzene rings is 1. The number of halogens is 1. The summed E-state index contributed by atoms with van der Waals surface area (Å²) in [4.78, 5) is 31.7. The Labute approximate surface area is 118 Å². The van der Waals surface area contributed by atoms with E-state index in [9.17, 15) is 19.7 Å². The molecule has 0 spiro atoms. The highest BCUT2D eigenvalue weighted by Gasteiger charge is 2.19. The van der Waals surface area contributed by atoms with Crippen molar-refractivity contribution in [2.24, 2.45) is 0 Å². The molecule has 9 heteroatoms. The lowest BCUT2D eigenvalue weighted by atomic mass is 10.1. The summed E-state index contributed by atoms with van der Waals surface area (Å²) in [6.45, 7) is 1.85. The van der Waals surface area contributed by atoms with Gasteiger partial charge in [0.1, 0.15) is 0 Å². The van der Waals surface area contributed by atoms with E-state index in [1.54, 1.807) is 0 Å². The maximum Gasteiger partial charge on any atom is 0.338 e. The Morgan fingerprint density at radius 3 is 2.55 bits per heavy atom. The molecule has 0 saturated carbocycles. The minimum atomic E-state index is -1.34. The lowest BCUT2D eigenvalue weighted by molar-refractivity contribution is -0.384. The summed E-state index contributed by atoms with van der Waals surface area (Å²) in [7, 11) is 0. The molecule has 1 aromatic rings. The number of anilines is 1. The summed E-state index contributed by atoms with van der Waals surface area (Å²) < 4.78 is 0. The maximum absolute atomic E-state index is 11.1. The zero-order valence-corrected chi connectivity index (χ0v) is 11.2. The molecule has 0 bridgehead atoms. The van der Waals surface area contributed by atoms with Crippen LogP contribution in [0.1, 0.15) is 17.3 Å². The van der Waals surface area contributed by atoms with Gasteiger partial charge in [0.2, 0.25) is 5.91 Å². The summed E-state index contributed by atoms with van der Waals surface area (Å²) in [5.41, 5.74) is -0.623. The molecule has 108 valence electrons. The quantitative estimate of drug-likeness (QED) is 0.416.